The number of carbonyl (C=O) groups is 1. The Morgan fingerprint density at radius 1 is 1.14 bits per heavy atom. The van der Waals surface area contributed by atoms with Crippen molar-refractivity contribution in [1.82, 2.24) is 10.2 Å². The Labute approximate surface area is 131 Å². The summed E-state index contributed by atoms with van der Waals surface area (Å²) in [6.45, 7) is 2.86. The Kier molecular flexibility index (Phi) is 4.51. The molecule has 5 nitrogen and oxygen atoms in total. The Balaban J connectivity index is 1.52. The molecule has 0 radical (unpaired) electrons. The molecule has 1 aromatic rings. The third-order valence-electron chi connectivity index (χ3n) is 4.39. The van der Waals surface area contributed by atoms with Crippen molar-refractivity contribution < 1.29 is 9.90 Å². The summed E-state index contributed by atoms with van der Waals surface area (Å²) in [7, 11) is 0. The highest BCUT2D eigenvalue weighted by molar-refractivity contribution is 5.75. The molecule has 1 aliphatic carbocycles. The number of anilines is 1. The number of allylic oxidation sites excluding steroid dienone is 1. The number of nitrogens with zero attached hydrogens (tertiary/aromatic N) is 2. The zero-order valence-corrected chi connectivity index (χ0v) is 12.7. The SMILES string of the molecule is O=C(NC1CC=CCC1)N1CCN(c2ccccc2O)CC1. The van der Waals surface area contributed by atoms with Gasteiger partial charge in [-0.15, -0.1) is 0 Å². The van der Waals surface area contributed by atoms with Crippen molar-refractivity contribution in [2.75, 3.05) is 31.1 Å². The van der Waals surface area contributed by atoms with Crippen LogP contribution < -0.4 is 10.2 Å². The van der Waals surface area contributed by atoms with Gasteiger partial charge in [-0.2, -0.15) is 0 Å². The number of piperazine rings is 1. The number of carbonyl (C=O) groups excluding carboxylic acids is 1. The summed E-state index contributed by atoms with van der Waals surface area (Å²) in [4.78, 5) is 16.3. The van der Waals surface area contributed by atoms with E-state index in [4.69, 9.17) is 0 Å². The zero-order chi connectivity index (χ0) is 15.4. The topological polar surface area (TPSA) is 55.8 Å². The van der Waals surface area contributed by atoms with E-state index in [1.807, 2.05) is 23.1 Å². The Morgan fingerprint density at radius 2 is 1.91 bits per heavy atom. The highest BCUT2D eigenvalue weighted by atomic mass is 16.3. The Hall–Kier alpha value is -2.17. The van der Waals surface area contributed by atoms with Gasteiger partial charge in [-0.25, -0.2) is 4.79 Å². The van der Waals surface area contributed by atoms with Crippen molar-refractivity contribution in [2.45, 2.75) is 25.3 Å². The van der Waals surface area contributed by atoms with Gasteiger partial charge in [0.15, 0.2) is 0 Å². The lowest BCUT2D eigenvalue weighted by molar-refractivity contribution is 0.189. The molecule has 0 saturated carbocycles. The van der Waals surface area contributed by atoms with Gasteiger partial charge in [0.2, 0.25) is 0 Å². The summed E-state index contributed by atoms with van der Waals surface area (Å²) in [6.07, 6.45) is 7.33. The highest BCUT2D eigenvalue weighted by Crippen LogP contribution is 2.27. The quantitative estimate of drug-likeness (QED) is 0.824. The first-order valence-corrected chi connectivity index (χ1v) is 7.97. The molecule has 1 unspecified atom stereocenters. The molecule has 118 valence electrons. The maximum Gasteiger partial charge on any atom is 0.317 e. The smallest absolute Gasteiger partial charge is 0.317 e. The molecule has 2 aliphatic rings. The molecular formula is C17H23N3O2. The van der Waals surface area contributed by atoms with Gasteiger partial charge < -0.3 is 20.2 Å². The fourth-order valence-corrected chi connectivity index (χ4v) is 3.07. The van der Waals surface area contributed by atoms with Gasteiger partial charge in [0, 0.05) is 32.2 Å². The van der Waals surface area contributed by atoms with Gasteiger partial charge in [0.05, 0.1) is 5.69 Å². The third-order valence-corrected chi connectivity index (χ3v) is 4.39. The summed E-state index contributed by atoms with van der Waals surface area (Å²) in [5.74, 6) is 0.300. The number of benzene rings is 1. The number of urea groups is 1. The number of amides is 2. The molecule has 1 aliphatic heterocycles. The van der Waals surface area contributed by atoms with E-state index in [2.05, 4.69) is 22.4 Å². The molecule has 0 aromatic heterocycles. The van der Waals surface area contributed by atoms with Crippen molar-refractivity contribution in [1.29, 1.82) is 0 Å². The molecule has 22 heavy (non-hydrogen) atoms. The van der Waals surface area contributed by atoms with Crippen LogP contribution in [-0.2, 0) is 0 Å². The fourth-order valence-electron chi connectivity index (χ4n) is 3.07. The van der Waals surface area contributed by atoms with Crippen LogP contribution in [0.5, 0.6) is 5.75 Å². The number of hydrogen-bond acceptors (Lipinski definition) is 3. The van der Waals surface area contributed by atoms with Crippen molar-refractivity contribution >= 4 is 11.7 Å². The predicted octanol–water partition coefficient (Wildman–Crippen LogP) is 2.33. The molecule has 2 amide bonds. The summed E-state index contributed by atoms with van der Waals surface area (Å²) in [6, 6.07) is 7.67. The average molecular weight is 301 g/mol. The zero-order valence-electron chi connectivity index (χ0n) is 12.7. The van der Waals surface area contributed by atoms with E-state index in [1.54, 1.807) is 6.07 Å². The average Bonchev–Trinajstić information content (AvgIpc) is 2.56. The van der Waals surface area contributed by atoms with Crippen LogP contribution in [0.4, 0.5) is 10.5 Å². The van der Waals surface area contributed by atoms with Crippen LogP contribution in [0.3, 0.4) is 0 Å². The maximum atomic E-state index is 12.3. The normalized spacial score (nSPS) is 21.7. The van der Waals surface area contributed by atoms with E-state index >= 15 is 0 Å². The number of aromatic hydroxyl groups is 1. The third kappa shape index (κ3) is 3.35. The van der Waals surface area contributed by atoms with Gasteiger partial charge in [0.25, 0.3) is 0 Å². The van der Waals surface area contributed by atoms with Crippen LogP contribution in [0.2, 0.25) is 0 Å². The molecule has 1 aromatic carbocycles. The molecule has 3 rings (SSSR count). The second-order valence-corrected chi connectivity index (χ2v) is 5.89. The first-order chi connectivity index (χ1) is 10.7. The second-order valence-electron chi connectivity index (χ2n) is 5.89. The number of hydrogen-bond donors (Lipinski definition) is 2. The number of para-hydroxylation sites is 2. The van der Waals surface area contributed by atoms with E-state index < -0.39 is 0 Å². The molecule has 1 fully saturated rings. The van der Waals surface area contributed by atoms with Crippen LogP contribution in [0.1, 0.15) is 19.3 Å². The molecule has 0 spiro atoms. The van der Waals surface area contributed by atoms with Crippen LogP contribution in [-0.4, -0.2) is 48.3 Å². The molecule has 1 heterocycles. The first-order valence-electron chi connectivity index (χ1n) is 7.97. The van der Waals surface area contributed by atoms with E-state index in [-0.39, 0.29) is 12.1 Å². The molecular weight excluding hydrogens is 278 g/mol. The van der Waals surface area contributed by atoms with Crippen molar-refractivity contribution in [3.05, 3.63) is 36.4 Å². The summed E-state index contributed by atoms with van der Waals surface area (Å²) in [5.41, 5.74) is 0.847. The lowest BCUT2D eigenvalue weighted by Gasteiger charge is -2.37. The summed E-state index contributed by atoms with van der Waals surface area (Å²) in [5, 5.41) is 13.0. The van der Waals surface area contributed by atoms with Crippen molar-refractivity contribution in [2.24, 2.45) is 0 Å². The highest BCUT2D eigenvalue weighted by Gasteiger charge is 2.24. The summed E-state index contributed by atoms with van der Waals surface area (Å²) >= 11 is 0. The molecule has 1 atom stereocenters. The van der Waals surface area contributed by atoms with Crippen LogP contribution in [0.15, 0.2) is 36.4 Å². The maximum absolute atomic E-state index is 12.3. The van der Waals surface area contributed by atoms with Gasteiger partial charge in [-0.1, -0.05) is 24.3 Å². The molecule has 2 N–H and O–H groups in total. The number of phenols is 1. The van der Waals surface area contributed by atoms with Gasteiger partial charge in [-0.05, 0) is 31.4 Å². The monoisotopic (exact) mass is 301 g/mol. The van der Waals surface area contributed by atoms with E-state index in [9.17, 15) is 9.90 Å². The first kappa shape index (κ1) is 14.8. The van der Waals surface area contributed by atoms with Crippen LogP contribution in [0.25, 0.3) is 0 Å². The van der Waals surface area contributed by atoms with E-state index in [0.29, 0.717) is 18.8 Å². The van der Waals surface area contributed by atoms with Crippen molar-refractivity contribution in [3.8, 4) is 5.75 Å². The fraction of sp³-hybridized carbons (Fsp3) is 0.471. The van der Waals surface area contributed by atoms with Crippen molar-refractivity contribution in [3.63, 3.8) is 0 Å². The number of nitrogens with one attached hydrogen (secondary N) is 1. The lowest BCUT2D eigenvalue weighted by atomic mass is 10.0. The van der Waals surface area contributed by atoms with Gasteiger partial charge >= 0.3 is 6.03 Å². The standard InChI is InChI=1S/C17H23N3O2/c21-16-9-5-4-8-15(16)19-10-12-20(13-11-19)17(22)18-14-6-2-1-3-7-14/h1-2,4-5,8-9,14,21H,3,6-7,10-13H2,(H,18,22). The molecule has 0 bridgehead atoms. The summed E-state index contributed by atoms with van der Waals surface area (Å²) < 4.78 is 0. The Morgan fingerprint density at radius 3 is 2.59 bits per heavy atom. The van der Waals surface area contributed by atoms with Crippen LogP contribution >= 0.6 is 0 Å². The minimum absolute atomic E-state index is 0.0391. The van der Waals surface area contributed by atoms with E-state index in [1.165, 1.54) is 0 Å². The van der Waals surface area contributed by atoms with Gasteiger partial charge in [0.1, 0.15) is 5.75 Å². The van der Waals surface area contributed by atoms with Gasteiger partial charge in [-0.3, -0.25) is 0 Å². The minimum Gasteiger partial charge on any atom is -0.506 e. The van der Waals surface area contributed by atoms with Crippen LogP contribution in [0, 0.1) is 0 Å². The Bertz CT molecular complexity index is 551. The largest absolute Gasteiger partial charge is 0.506 e. The minimum atomic E-state index is 0.0391. The second kappa shape index (κ2) is 6.73. The number of phenolic OH excluding ortho intramolecular Hbond substituents is 1. The molecule has 1 saturated heterocycles. The number of rotatable bonds is 2. The predicted molar refractivity (Wildman–Crippen MR) is 87.2 cm³/mol. The molecule has 5 heteroatoms. The lowest BCUT2D eigenvalue weighted by Crippen LogP contribution is -2.53. The van der Waals surface area contributed by atoms with E-state index in [0.717, 1.165) is 38.0 Å².